The zero-order valence-electron chi connectivity index (χ0n) is 11.5. The fourth-order valence-corrected chi connectivity index (χ4v) is 1.73. The fraction of sp³-hybridized carbons (Fsp3) is 0.286. The molecule has 0 aliphatic rings. The largest absolute Gasteiger partial charge is 0.347 e. The summed E-state index contributed by atoms with van der Waals surface area (Å²) in [6, 6.07) is 10.0. The van der Waals surface area contributed by atoms with Gasteiger partial charge >= 0.3 is 0 Å². The van der Waals surface area contributed by atoms with E-state index < -0.39 is 0 Å². The van der Waals surface area contributed by atoms with E-state index in [4.69, 9.17) is 5.73 Å². The SMILES string of the molecule is CN(C)c1nccc(N(C)c2ccc(CN)cc2)n1. The number of hydrogen-bond donors (Lipinski definition) is 1. The Balaban J connectivity index is 2.27. The third-order valence-corrected chi connectivity index (χ3v) is 2.93. The summed E-state index contributed by atoms with van der Waals surface area (Å²) in [5.41, 5.74) is 7.79. The van der Waals surface area contributed by atoms with Crippen molar-refractivity contribution in [1.82, 2.24) is 9.97 Å². The molecule has 2 rings (SSSR count). The van der Waals surface area contributed by atoms with Crippen LogP contribution in [0.2, 0.25) is 0 Å². The van der Waals surface area contributed by atoms with E-state index in [1.807, 2.05) is 61.3 Å². The lowest BCUT2D eigenvalue weighted by Crippen LogP contribution is -2.16. The molecule has 1 aromatic heterocycles. The van der Waals surface area contributed by atoms with Gasteiger partial charge in [-0.15, -0.1) is 0 Å². The molecule has 0 saturated heterocycles. The van der Waals surface area contributed by atoms with E-state index in [1.54, 1.807) is 6.20 Å². The van der Waals surface area contributed by atoms with Crippen molar-refractivity contribution in [1.29, 1.82) is 0 Å². The van der Waals surface area contributed by atoms with Gasteiger partial charge in [0.25, 0.3) is 0 Å². The molecule has 1 heterocycles. The predicted octanol–water partition coefficient (Wildman–Crippen LogP) is 1.77. The molecule has 0 saturated carbocycles. The van der Waals surface area contributed by atoms with Crippen LogP contribution in [0.25, 0.3) is 0 Å². The first kappa shape index (κ1) is 13.3. The van der Waals surface area contributed by atoms with Gasteiger partial charge in [0.2, 0.25) is 5.95 Å². The molecule has 5 heteroatoms. The van der Waals surface area contributed by atoms with Crippen LogP contribution in [-0.4, -0.2) is 31.1 Å². The molecule has 2 aromatic rings. The number of nitrogens with two attached hydrogens (primary N) is 1. The molecular weight excluding hydrogens is 238 g/mol. The van der Waals surface area contributed by atoms with Crippen molar-refractivity contribution in [2.75, 3.05) is 30.9 Å². The van der Waals surface area contributed by atoms with Crippen LogP contribution in [0.3, 0.4) is 0 Å². The van der Waals surface area contributed by atoms with Gasteiger partial charge in [-0.2, -0.15) is 4.98 Å². The summed E-state index contributed by atoms with van der Waals surface area (Å²) < 4.78 is 0. The summed E-state index contributed by atoms with van der Waals surface area (Å²) in [6.07, 6.45) is 1.77. The van der Waals surface area contributed by atoms with Crippen molar-refractivity contribution in [3.8, 4) is 0 Å². The monoisotopic (exact) mass is 257 g/mol. The number of rotatable bonds is 4. The minimum absolute atomic E-state index is 0.558. The molecule has 0 unspecified atom stereocenters. The molecule has 0 aliphatic carbocycles. The molecule has 2 N–H and O–H groups in total. The molecule has 0 atom stereocenters. The third-order valence-electron chi connectivity index (χ3n) is 2.93. The average molecular weight is 257 g/mol. The van der Waals surface area contributed by atoms with Gasteiger partial charge in [0, 0.05) is 39.6 Å². The Kier molecular flexibility index (Phi) is 3.97. The van der Waals surface area contributed by atoms with Gasteiger partial charge in [-0.05, 0) is 23.8 Å². The molecular formula is C14H19N5. The van der Waals surface area contributed by atoms with Crippen LogP contribution in [0.15, 0.2) is 36.5 Å². The highest BCUT2D eigenvalue weighted by molar-refractivity contribution is 5.60. The van der Waals surface area contributed by atoms with Crippen LogP contribution >= 0.6 is 0 Å². The zero-order chi connectivity index (χ0) is 13.8. The summed E-state index contributed by atoms with van der Waals surface area (Å²) in [5.74, 6) is 1.56. The van der Waals surface area contributed by atoms with E-state index in [0.29, 0.717) is 12.5 Å². The zero-order valence-corrected chi connectivity index (χ0v) is 11.5. The standard InChI is InChI=1S/C14H19N5/c1-18(2)14-16-9-8-13(17-14)19(3)12-6-4-11(10-15)5-7-12/h4-9H,10,15H2,1-3H3. The number of anilines is 3. The first-order valence-corrected chi connectivity index (χ1v) is 6.15. The van der Waals surface area contributed by atoms with Crippen LogP contribution in [0.5, 0.6) is 0 Å². The highest BCUT2D eigenvalue weighted by atomic mass is 15.3. The molecule has 1 aromatic carbocycles. The van der Waals surface area contributed by atoms with E-state index in [1.165, 1.54) is 0 Å². The van der Waals surface area contributed by atoms with Crippen molar-refractivity contribution >= 4 is 17.5 Å². The highest BCUT2D eigenvalue weighted by Gasteiger charge is 2.07. The Hall–Kier alpha value is -2.14. The van der Waals surface area contributed by atoms with Crippen LogP contribution in [0.4, 0.5) is 17.5 Å². The summed E-state index contributed by atoms with van der Waals surface area (Å²) >= 11 is 0. The van der Waals surface area contributed by atoms with Gasteiger partial charge in [-0.1, -0.05) is 12.1 Å². The van der Waals surface area contributed by atoms with E-state index in [0.717, 1.165) is 17.1 Å². The van der Waals surface area contributed by atoms with E-state index in [9.17, 15) is 0 Å². The summed E-state index contributed by atoms with van der Waals surface area (Å²) in [6.45, 7) is 0.558. The first-order chi connectivity index (χ1) is 9.11. The maximum absolute atomic E-state index is 5.60. The number of hydrogen-bond acceptors (Lipinski definition) is 5. The maximum atomic E-state index is 5.60. The third kappa shape index (κ3) is 3.00. The van der Waals surface area contributed by atoms with Crippen molar-refractivity contribution in [3.63, 3.8) is 0 Å². The number of nitrogens with zero attached hydrogens (tertiary/aromatic N) is 4. The number of aromatic nitrogens is 2. The summed E-state index contributed by atoms with van der Waals surface area (Å²) in [7, 11) is 5.84. The minimum atomic E-state index is 0.558. The quantitative estimate of drug-likeness (QED) is 0.904. The summed E-state index contributed by atoms with van der Waals surface area (Å²) in [4.78, 5) is 12.6. The van der Waals surface area contributed by atoms with Gasteiger partial charge in [0.1, 0.15) is 5.82 Å². The van der Waals surface area contributed by atoms with Crippen molar-refractivity contribution in [2.24, 2.45) is 5.73 Å². The second-order valence-corrected chi connectivity index (χ2v) is 4.54. The maximum Gasteiger partial charge on any atom is 0.226 e. The van der Waals surface area contributed by atoms with Crippen LogP contribution in [0.1, 0.15) is 5.56 Å². The molecule has 0 spiro atoms. The Morgan fingerprint density at radius 2 is 1.74 bits per heavy atom. The van der Waals surface area contributed by atoms with Crippen molar-refractivity contribution < 1.29 is 0 Å². The van der Waals surface area contributed by atoms with Crippen LogP contribution in [-0.2, 0) is 6.54 Å². The summed E-state index contributed by atoms with van der Waals surface area (Å²) in [5, 5.41) is 0. The fourth-order valence-electron chi connectivity index (χ4n) is 1.73. The molecule has 0 fully saturated rings. The van der Waals surface area contributed by atoms with E-state index >= 15 is 0 Å². The molecule has 0 radical (unpaired) electrons. The van der Waals surface area contributed by atoms with Crippen LogP contribution in [0, 0.1) is 0 Å². The van der Waals surface area contributed by atoms with Gasteiger partial charge in [0.05, 0.1) is 0 Å². The lowest BCUT2D eigenvalue weighted by molar-refractivity contribution is 0.980. The Morgan fingerprint density at radius 1 is 1.05 bits per heavy atom. The van der Waals surface area contributed by atoms with E-state index in [-0.39, 0.29) is 0 Å². The lowest BCUT2D eigenvalue weighted by atomic mass is 10.2. The predicted molar refractivity (Wildman–Crippen MR) is 78.8 cm³/mol. The Bertz CT molecular complexity index is 536. The average Bonchev–Trinajstić information content (AvgIpc) is 2.46. The highest BCUT2D eigenvalue weighted by Crippen LogP contribution is 2.22. The number of benzene rings is 1. The van der Waals surface area contributed by atoms with Crippen LogP contribution < -0.4 is 15.5 Å². The molecule has 5 nitrogen and oxygen atoms in total. The normalized spacial score (nSPS) is 10.3. The van der Waals surface area contributed by atoms with E-state index in [2.05, 4.69) is 9.97 Å². The molecule has 0 amide bonds. The Labute approximate surface area is 113 Å². The second kappa shape index (κ2) is 5.67. The molecule has 0 bridgehead atoms. The molecule has 0 aliphatic heterocycles. The first-order valence-electron chi connectivity index (χ1n) is 6.15. The lowest BCUT2D eigenvalue weighted by Gasteiger charge is -2.20. The van der Waals surface area contributed by atoms with Gasteiger partial charge < -0.3 is 15.5 Å². The van der Waals surface area contributed by atoms with Gasteiger partial charge in [-0.3, -0.25) is 0 Å². The topological polar surface area (TPSA) is 58.3 Å². The smallest absolute Gasteiger partial charge is 0.226 e. The second-order valence-electron chi connectivity index (χ2n) is 4.54. The van der Waals surface area contributed by atoms with Gasteiger partial charge in [-0.25, -0.2) is 4.98 Å². The van der Waals surface area contributed by atoms with Crippen molar-refractivity contribution in [2.45, 2.75) is 6.54 Å². The molecule has 19 heavy (non-hydrogen) atoms. The molecule has 100 valence electrons. The van der Waals surface area contributed by atoms with Crippen molar-refractivity contribution in [3.05, 3.63) is 42.1 Å². The Morgan fingerprint density at radius 3 is 2.32 bits per heavy atom. The van der Waals surface area contributed by atoms with Gasteiger partial charge in [0.15, 0.2) is 0 Å². The minimum Gasteiger partial charge on any atom is -0.347 e.